The van der Waals surface area contributed by atoms with Crippen LogP contribution in [0.25, 0.3) is 11.1 Å². The molecule has 3 aromatic carbocycles. The van der Waals surface area contributed by atoms with Crippen LogP contribution in [-0.4, -0.2) is 34.0 Å². The molecular formula is C28H21Cl2FN4O4. The summed E-state index contributed by atoms with van der Waals surface area (Å²) in [5.74, 6) is -2.41. The molecule has 1 atom stereocenters. The van der Waals surface area contributed by atoms with Crippen molar-refractivity contribution in [2.75, 3.05) is 10.6 Å². The minimum absolute atomic E-state index is 0.0267. The molecule has 4 rings (SSSR count). The summed E-state index contributed by atoms with van der Waals surface area (Å²) in [6.45, 7) is 0. The number of benzene rings is 3. The minimum atomic E-state index is -1.26. The lowest BCUT2D eigenvalue weighted by atomic mass is 10.1. The Kier molecular flexibility index (Phi) is 8.75. The standard InChI is InChI=1S/C28H21Cl2FN4O4/c29-21-5-2-6-22(25(21)30)35-28(39)33-20-10-7-17(8-11-20)18-9-12-23(32-15-18)26(36)34-24(27(37)38)14-16-3-1-4-19(31)13-16/h1-13,15,24H,14H2,(H,34,36)(H,37,38)(H2,33,35,39). The van der Waals surface area contributed by atoms with E-state index in [1.807, 2.05) is 0 Å². The first kappa shape index (κ1) is 27.6. The summed E-state index contributed by atoms with van der Waals surface area (Å²) in [4.78, 5) is 40.7. The second kappa shape index (κ2) is 12.4. The van der Waals surface area contributed by atoms with Gasteiger partial charge in [-0.1, -0.05) is 59.6 Å². The molecule has 0 saturated heterocycles. The van der Waals surface area contributed by atoms with Gasteiger partial charge in [-0.15, -0.1) is 0 Å². The Morgan fingerprint density at radius 1 is 0.897 bits per heavy atom. The van der Waals surface area contributed by atoms with Crippen LogP contribution >= 0.6 is 23.2 Å². The van der Waals surface area contributed by atoms with Gasteiger partial charge in [-0.25, -0.2) is 14.0 Å². The second-order valence-corrected chi connectivity index (χ2v) is 9.17. The third-order valence-electron chi connectivity index (χ3n) is 5.60. The highest BCUT2D eigenvalue weighted by Crippen LogP contribution is 2.29. The third kappa shape index (κ3) is 7.31. The highest BCUT2D eigenvalue weighted by atomic mass is 35.5. The summed E-state index contributed by atoms with van der Waals surface area (Å²) in [6.07, 6.45) is 1.40. The first-order valence-corrected chi connectivity index (χ1v) is 12.3. The molecule has 0 radical (unpaired) electrons. The SMILES string of the molecule is O=C(Nc1ccc(-c2ccc(C(=O)NC(Cc3cccc(F)c3)C(=O)O)nc2)cc1)Nc1cccc(Cl)c1Cl. The van der Waals surface area contributed by atoms with E-state index < -0.39 is 29.8 Å². The number of pyridine rings is 1. The van der Waals surface area contributed by atoms with Gasteiger partial charge in [0.15, 0.2) is 0 Å². The lowest BCUT2D eigenvalue weighted by Crippen LogP contribution is -2.42. The fourth-order valence-corrected chi connectivity index (χ4v) is 4.01. The molecule has 0 saturated carbocycles. The Labute approximate surface area is 232 Å². The van der Waals surface area contributed by atoms with E-state index in [-0.39, 0.29) is 17.1 Å². The van der Waals surface area contributed by atoms with Crippen LogP contribution in [0, 0.1) is 5.82 Å². The first-order valence-electron chi connectivity index (χ1n) is 11.6. The largest absolute Gasteiger partial charge is 0.480 e. The van der Waals surface area contributed by atoms with Gasteiger partial charge in [0.2, 0.25) is 0 Å². The fourth-order valence-electron chi connectivity index (χ4n) is 3.66. The lowest BCUT2D eigenvalue weighted by Gasteiger charge is -2.14. The minimum Gasteiger partial charge on any atom is -0.480 e. The number of carbonyl (C=O) groups is 3. The fraction of sp³-hybridized carbons (Fsp3) is 0.0714. The third-order valence-corrected chi connectivity index (χ3v) is 6.42. The van der Waals surface area contributed by atoms with Crippen molar-refractivity contribution >= 4 is 52.5 Å². The van der Waals surface area contributed by atoms with Crippen molar-refractivity contribution in [1.29, 1.82) is 0 Å². The maximum absolute atomic E-state index is 13.4. The number of aliphatic carboxylic acids is 1. The number of hydrogen-bond donors (Lipinski definition) is 4. The number of carboxylic acids is 1. The maximum Gasteiger partial charge on any atom is 0.326 e. The average molecular weight is 567 g/mol. The number of nitrogens with one attached hydrogen (secondary N) is 3. The van der Waals surface area contributed by atoms with E-state index in [0.29, 0.717) is 27.5 Å². The number of urea groups is 1. The van der Waals surface area contributed by atoms with E-state index in [9.17, 15) is 23.9 Å². The molecule has 0 spiro atoms. The van der Waals surface area contributed by atoms with E-state index >= 15 is 0 Å². The number of carbonyl (C=O) groups excluding carboxylic acids is 2. The number of halogens is 3. The summed E-state index contributed by atoms with van der Waals surface area (Å²) in [5.41, 5.74) is 2.83. The van der Waals surface area contributed by atoms with E-state index in [2.05, 4.69) is 20.9 Å². The highest BCUT2D eigenvalue weighted by molar-refractivity contribution is 6.44. The first-order chi connectivity index (χ1) is 18.7. The van der Waals surface area contributed by atoms with Gasteiger partial charge < -0.3 is 21.1 Å². The molecule has 3 amide bonds. The molecule has 0 bridgehead atoms. The topological polar surface area (TPSA) is 120 Å². The molecule has 1 heterocycles. The number of nitrogens with zero attached hydrogens (tertiary/aromatic N) is 1. The Morgan fingerprint density at radius 3 is 2.28 bits per heavy atom. The molecule has 0 aliphatic carbocycles. The molecular weight excluding hydrogens is 546 g/mol. The normalized spacial score (nSPS) is 11.4. The van der Waals surface area contributed by atoms with E-state index in [4.69, 9.17) is 23.2 Å². The summed E-state index contributed by atoms with van der Waals surface area (Å²) in [6, 6.07) is 18.7. The van der Waals surface area contributed by atoms with Gasteiger partial charge in [0.25, 0.3) is 5.91 Å². The van der Waals surface area contributed by atoms with Crippen LogP contribution in [0.4, 0.5) is 20.6 Å². The molecule has 0 fully saturated rings. The van der Waals surface area contributed by atoms with Crippen molar-refractivity contribution in [1.82, 2.24) is 10.3 Å². The van der Waals surface area contributed by atoms with Crippen molar-refractivity contribution in [2.24, 2.45) is 0 Å². The van der Waals surface area contributed by atoms with Crippen molar-refractivity contribution in [3.8, 4) is 11.1 Å². The van der Waals surface area contributed by atoms with Crippen LogP contribution in [0.5, 0.6) is 0 Å². The van der Waals surface area contributed by atoms with Gasteiger partial charge in [0.05, 0.1) is 15.7 Å². The van der Waals surface area contributed by atoms with Gasteiger partial charge in [0.1, 0.15) is 17.6 Å². The van der Waals surface area contributed by atoms with Gasteiger partial charge in [-0.3, -0.25) is 9.78 Å². The van der Waals surface area contributed by atoms with Gasteiger partial charge in [0, 0.05) is 23.9 Å². The number of carboxylic acid groups (broad SMARTS) is 1. The molecule has 39 heavy (non-hydrogen) atoms. The van der Waals surface area contributed by atoms with Crippen molar-refractivity contribution in [3.05, 3.63) is 112 Å². The number of aromatic nitrogens is 1. The van der Waals surface area contributed by atoms with Crippen LogP contribution < -0.4 is 16.0 Å². The molecule has 198 valence electrons. The highest BCUT2D eigenvalue weighted by Gasteiger charge is 2.22. The monoisotopic (exact) mass is 566 g/mol. The number of amides is 3. The zero-order chi connectivity index (χ0) is 27.9. The average Bonchev–Trinajstić information content (AvgIpc) is 2.91. The maximum atomic E-state index is 13.4. The molecule has 0 aliphatic heterocycles. The van der Waals surface area contributed by atoms with Crippen LogP contribution in [0.15, 0.2) is 85.1 Å². The van der Waals surface area contributed by atoms with E-state index in [1.165, 1.54) is 30.5 Å². The van der Waals surface area contributed by atoms with Crippen molar-refractivity contribution in [3.63, 3.8) is 0 Å². The zero-order valence-corrected chi connectivity index (χ0v) is 21.6. The van der Waals surface area contributed by atoms with Crippen LogP contribution in [-0.2, 0) is 11.2 Å². The van der Waals surface area contributed by atoms with Gasteiger partial charge >= 0.3 is 12.0 Å². The Bertz CT molecular complexity index is 1520. The van der Waals surface area contributed by atoms with E-state index in [1.54, 1.807) is 54.6 Å². The summed E-state index contributed by atoms with van der Waals surface area (Å²) in [7, 11) is 0. The predicted octanol–water partition coefficient (Wildman–Crippen LogP) is 6.26. The molecule has 0 aliphatic rings. The Balaban J connectivity index is 1.37. The molecule has 11 heteroatoms. The van der Waals surface area contributed by atoms with Crippen molar-refractivity contribution < 1.29 is 23.9 Å². The van der Waals surface area contributed by atoms with Crippen molar-refractivity contribution in [2.45, 2.75) is 12.5 Å². The predicted molar refractivity (Wildman–Crippen MR) is 148 cm³/mol. The summed E-state index contributed by atoms with van der Waals surface area (Å²) in [5, 5.41) is 17.8. The second-order valence-electron chi connectivity index (χ2n) is 8.39. The lowest BCUT2D eigenvalue weighted by molar-refractivity contribution is -0.139. The molecule has 4 N–H and O–H groups in total. The van der Waals surface area contributed by atoms with Crippen LogP contribution in [0.1, 0.15) is 16.1 Å². The summed E-state index contributed by atoms with van der Waals surface area (Å²) < 4.78 is 13.4. The van der Waals surface area contributed by atoms with Crippen LogP contribution in [0.2, 0.25) is 10.0 Å². The smallest absolute Gasteiger partial charge is 0.326 e. The van der Waals surface area contributed by atoms with Gasteiger partial charge in [-0.05, 0) is 53.6 Å². The molecule has 1 unspecified atom stereocenters. The number of hydrogen-bond acceptors (Lipinski definition) is 4. The molecule has 1 aromatic heterocycles. The summed E-state index contributed by atoms with van der Waals surface area (Å²) >= 11 is 12.1. The molecule has 8 nitrogen and oxygen atoms in total. The van der Waals surface area contributed by atoms with Crippen LogP contribution in [0.3, 0.4) is 0 Å². The molecule has 4 aromatic rings. The zero-order valence-electron chi connectivity index (χ0n) is 20.1. The number of anilines is 2. The van der Waals surface area contributed by atoms with Gasteiger partial charge in [-0.2, -0.15) is 0 Å². The quantitative estimate of drug-likeness (QED) is 0.200. The Hall–Kier alpha value is -4.47. The van der Waals surface area contributed by atoms with E-state index in [0.717, 1.165) is 5.56 Å². The number of rotatable bonds is 8. The Morgan fingerprint density at radius 2 is 1.62 bits per heavy atom.